The number of benzene rings is 1. The third-order valence-corrected chi connectivity index (χ3v) is 6.12. The topological polar surface area (TPSA) is 33.5 Å². The third kappa shape index (κ3) is 3.41. The predicted molar refractivity (Wildman–Crippen MR) is 106 cm³/mol. The van der Waals surface area contributed by atoms with Gasteiger partial charge in [0.05, 0.1) is 4.91 Å². The molecule has 1 aliphatic heterocycles. The minimum absolute atomic E-state index is 0.00587. The van der Waals surface area contributed by atoms with Gasteiger partial charge in [0, 0.05) is 22.7 Å². The van der Waals surface area contributed by atoms with E-state index in [0.717, 1.165) is 24.2 Å². The molecule has 2 heterocycles. The average molecular weight is 390 g/mol. The van der Waals surface area contributed by atoms with E-state index in [-0.39, 0.29) is 11.9 Å². The van der Waals surface area contributed by atoms with Crippen LogP contribution in [0.15, 0.2) is 45.7 Å². The van der Waals surface area contributed by atoms with Gasteiger partial charge in [0.15, 0.2) is 0 Å². The van der Waals surface area contributed by atoms with Crippen molar-refractivity contribution in [2.75, 3.05) is 0 Å². The molecule has 0 atom stereocenters. The Labute approximate surface area is 161 Å². The van der Waals surface area contributed by atoms with Gasteiger partial charge in [0.1, 0.15) is 15.8 Å². The van der Waals surface area contributed by atoms with E-state index in [9.17, 15) is 4.79 Å². The molecule has 1 saturated heterocycles. The fourth-order valence-electron chi connectivity index (χ4n) is 3.29. The molecule has 4 rings (SSSR count). The van der Waals surface area contributed by atoms with Crippen LogP contribution in [-0.2, 0) is 4.79 Å². The van der Waals surface area contributed by atoms with E-state index < -0.39 is 0 Å². The number of furan rings is 1. The van der Waals surface area contributed by atoms with Crippen molar-refractivity contribution in [3.63, 3.8) is 0 Å². The van der Waals surface area contributed by atoms with Gasteiger partial charge in [-0.05, 0) is 49.2 Å². The van der Waals surface area contributed by atoms with Crippen LogP contribution in [0.3, 0.4) is 0 Å². The van der Waals surface area contributed by atoms with Crippen LogP contribution in [0.4, 0.5) is 0 Å². The molecule has 25 heavy (non-hydrogen) atoms. The van der Waals surface area contributed by atoms with Gasteiger partial charge in [-0.2, -0.15) is 0 Å². The second-order valence-electron chi connectivity index (χ2n) is 6.20. The molecule has 0 spiro atoms. The molecule has 0 radical (unpaired) electrons. The Hall–Kier alpha value is -1.56. The summed E-state index contributed by atoms with van der Waals surface area (Å²) in [5.41, 5.74) is 0.947. The van der Waals surface area contributed by atoms with Gasteiger partial charge in [0.25, 0.3) is 5.91 Å². The molecule has 128 valence electrons. The summed E-state index contributed by atoms with van der Waals surface area (Å²) in [5, 5.41) is 0.686. The Morgan fingerprint density at radius 2 is 1.88 bits per heavy atom. The summed E-state index contributed by atoms with van der Waals surface area (Å²) in [4.78, 5) is 15.1. The summed E-state index contributed by atoms with van der Waals surface area (Å²) in [6, 6.07) is 11.5. The van der Waals surface area contributed by atoms with Gasteiger partial charge in [-0.1, -0.05) is 48.4 Å². The van der Waals surface area contributed by atoms with Crippen LogP contribution < -0.4 is 0 Å². The summed E-state index contributed by atoms with van der Waals surface area (Å²) in [6.45, 7) is 0. The smallest absolute Gasteiger partial charge is 0.266 e. The maximum atomic E-state index is 12.7. The summed E-state index contributed by atoms with van der Waals surface area (Å²) < 4.78 is 6.53. The van der Waals surface area contributed by atoms with E-state index in [1.807, 2.05) is 36.4 Å². The number of carbonyl (C=O) groups is 1. The zero-order valence-corrected chi connectivity index (χ0v) is 15.8. The number of nitrogens with zero attached hydrogens (tertiary/aromatic N) is 1. The standard InChI is InChI=1S/C19H16ClNO2S2/c20-13-7-5-12(6-8-13)16-10-9-15(23-16)11-17-18(22)21(19(24)25-17)14-3-1-2-4-14/h5-11,14H,1-4H2/b17-11-. The quantitative estimate of drug-likeness (QED) is 0.494. The van der Waals surface area contributed by atoms with Crippen molar-refractivity contribution in [3.8, 4) is 11.3 Å². The van der Waals surface area contributed by atoms with Gasteiger partial charge in [-0.15, -0.1) is 0 Å². The lowest BCUT2D eigenvalue weighted by molar-refractivity contribution is -0.123. The highest BCUT2D eigenvalue weighted by Crippen LogP contribution is 2.38. The molecule has 0 N–H and O–H groups in total. The summed E-state index contributed by atoms with van der Waals surface area (Å²) in [6.07, 6.45) is 6.21. The van der Waals surface area contributed by atoms with Gasteiger partial charge in [0.2, 0.25) is 0 Å². The molecular formula is C19H16ClNO2S2. The average Bonchev–Trinajstić information content (AvgIpc) is 3.31. The molecular weight excluding hydrogens is 374 g/mol. The number of hydrogen-bond acceptors (Lipinski definition) is 4. The molecule has 2 aromatic rings. The van der Waals surface area contributed by atoms with Crippen LogP contribution in [0, 0.1) is 0 Å². The normalized spacial score (nSPS) is 20.2. The molecule has 2 aliphatic rings. The van der Waals surface area contributed by atoms with Crippen LogP contribution in [0.5, 0.6) is 0 Å². The molecule has 1 aromatic carbocycles. The number of rotatable bonds is 3. The van der Waals surface area contributed by atoms with Crippen molar-refractivity contribution < 1.29 is 9.21 Å². The predicted octanol–water partition coefficient (Wildman–Crippen LogP) is 5.74. The van der Waals surface area contributed by atoms with Crippen molar-refractivity contribution in [2.45, 2.75) is 31.7 Å². The van der Waals surface area contributed by atoms with Crippen molar-refractivity contribution >= 4 is 51.9 Å². The maximum absolute atomic E-state index is 12.7. The first kappa shape index (κ1) is 16.9. The molecule has 3 nitrogen and oxygen atoms in total. The Morgan fingerprint density at radius 1 is 1.16 bits per heavy atom. The molecule has 1 amide bonds. The molecule has 0 unspecified atom stereocenters. The maximum Gasteiger partial charge on any atom is 0.266 e. The van der Waals surface area contributed by atoms with E-state index in [2.05, 4.69) is 0 Å². The minimum Gasteiger partial charge on any atom is -0.457 e. The van der Waals surface area contributed by atoms with Gasteiger partial charge < -0.3 is 4.42 Å². The second kappa shape index (κ2) is 6.98. The van der Waals surface area contributed by atoms with Crippen LogP contribution in [-0.4, -0.2) is 21.2 Å². The van der Waals surface area contributed by atoms with Crippen molar-refractivity contribution in [1.29, 1.82) is 0 Å². The van der Waals surface area contributed by atoms with E-state index in [1.165, 1.54) is 24.6 Å². The molecule has 1 saturated carbocycles. The number of thioether (sulfide) groups is 1. The van der Waals surface area contributed by atoms with Gasteiger partial charge >= 0.3 is 0 Å². The monoisotopic (exact) mass is 389 g/mol. The van der Waals surface area contributed by atoms with Crippen LogP contribution >= 0.6 is 35.6 Å². The summed E-state index contributed by atoms with van der Waals surface area (Å²) in [5.74, 6) is 1.40. The number of thiocarbonyl (C=S) groups is 1. The first-order valence-corrected chi connectivity index (χ1v) is 9.85. The van der Waals surface area contributed by atoms with E-state index in [1.54, 1.807) is 11.0 Å². The largest absolute Gasteiger partial charge is 0.457 e. The fourth-order valence-corrected chi connectivity index (χ4v) is 4.79. The Morgan fingerprint density at radius 3 is 2.60 bits per heavy atom. The first-order chi connectivity index (χ1) is 12.1. The molecule has 1 aliphatic carbocycles. The zero-order valence-electron chi connectivity index (χ0n) is 13.4. The minimum atomic E-state index is 0.00587. The first-order valence-electron chi connectivity index (χ1n) is 8.25. The lowest BCUT2D eigenvalue weighted by Crippen LogP contribution is -2.36. The SMILES string of the molecule is O=C1/C(=C/c2ccc(-c3ccc(Cl)cc3)o2)SC(=S)N1C1CCCC1. The highest BCUT2D eigenvalue weighted by atomic mass is 35.5. The number of halogens is 1. The zero-order chi connectivity index (χ0) is 17.4. The molecule has 2 fully saturated rings. The van der Waals surface area contributed by atoms with Crippen molar-refractivity contribution in [3.05, 3.63) is 52.1 Å². The molecule has 0 bridgehead atoms. The lowest BCUT2D eigenvalue weighted by Gasteiger charge is -2.21. The third-order valence-electron chi connectivity index (χ3n) is 4.54. The lowest BCUT2D eigenvalue weighted by atomic mass is 10.2. The van der Waals surface area contributed by atoms with E-state index >= 15 is 0 Å². The highest BCUT2D eigenvalue weighted by molar-refractivity contribution is 8.26. The Bertz CT molecular complexity index is 851. The number of hydrogen-bond donors (Lipinski definition) is 0. The highest BCUT2D eigenvalue weighted by Gasteiger charge is 2.38. The number of carbonyl (C=O) groups excluding carboxylic acids is 1. The summed E-state index contributed by atoms with van der Waals surface area (Å²) >= 11 is 12.7. The van der Waals surface area contributed by atoms with Gasteiger partial charge in [-0.3, -0.25) is 9.69 Å². The number of amides is 1. The molecule has 6 heteroatoms. The van der Waals surface area contributed by atoms with E-state index in [0.29, 0.717) is 20.0 Å². The fraction of sp³-hybridized carbons (Fsp3) is 0.263. The van der Waals surface area contributed by atoms with Crippen LogP contribution in [0.2, 0.25) is 5.02 Å². The Balaban J connectivity index is 1.56. The van der Waals surface area contributed by atoms with Crippen molar-refractivity contribution in [1.82, 2.24) is 4.90 Å². The van der Waals surface area contributed by atoms with Crippen molar-refractivity contribution in [2.24, 2.45) is 0 Å². The van der Waals surface area contributed by atoms with E-state index in [4.69, 9.17) is 28.2 Å². The summed E-state index contributed by atoms with van der Waals surface area (Å²) in [7, 11) is 0. The molecule has 1 aromatic heterocycles. The van der Waals surface area contributed by atoms with Crippen LogP contribution in [0.1, 0.15) is 31.4 Å². The Kier molecular flexibility index (Phi) is 4.71. The van der Waals surface area contributed by atoms with Crippen LogP contribution in [0.25, 0.3) is 17.4 Å². The van der Waals surface area contributed by atoms with Gasteiger partial charge in [-0.25, -0.2) is 0 Å². The second-order valence-corrected chi connectivity index (χ2v) is 8.31.